The van der Waals surface area contributed by atoms with Crippen molar-refractivity contribution in [3.8, 4) is 5.75 Å². The van der Waals surface area contributed by atoms with Gasteiger partial charge in [-0.1, -0.05) is 0 Å². The molecule has 3 rings (SSSR count). The maximum atomic E-state index is 9.75. The first-order valence-corrected chi connectivity index (χ1v) is 6.19. The number of aliphatic hydroxyl groups excluding tert-OH is 1. The molecule has 2 atom stereocenters. The molecule has 0 saturated carbocycles. The van der Waals surface area contributed by atoms with Crippen LogP contribution in [0.4, 0.5) is 0 Å². The van der Waals surface area contributed by atoms with Gasteiger partial charge >= 0.3 is 0 Å². The van der Waals surface area contributed by atoms with Crippen molar-refractivity contribution in [2.75, 3.05) is 6.61 Å². The van der Waals surface area contributed by atoms with E-state index in [9.17, 15) is 5.11 Å². The van der Waals surface area contributed by atoms with Crippen molar-refractivity contribution in [2.45, 2.75) is 32.0 Å². The Bertz CT molecular complexity index is 577. The second-order valence-electron chi connectivity index (χ2n) is 4.95. The highest BCUT2D eigenvalue weighted by molar-refractivity contribution is 5.84. The summed E-state index contributed by atoms with van der Waals surface area (Å²) in [4.78, 5) is 0. The summed E-state index contributed by atoms with van der Waals surface area (Å²) in [7, 11) is 0. The summed E-state index contributed by atoms with van der Waals surface area (Å²) in [5.41, 5.74) is 7.90. The van der Waals surface area contributed by atoms with Gasteiger partial charge in [-0.25, -0.2) is 0 Å². The van der Waals surface area contributed by atoms with E-state index in [4.69, 9.17) is 10.5 Å². The third-order valence-corrected chi connectivity index (χ3v) is 3.20. The van der Waals surface area contributed by atoms with Gasteiger partial charge in [0.1, 0.15) is 12.4 Å². The maximum absolute atomic E-state index is 9.75. The number of nitrogens with zero attached hydrogens (tertiary/aromatic N) is 2. The highest BCUT2D eigenvalue weighted by Gasteiger charge is 2.22. The number of hydrogen-bond donors (Lipinski definition) is 2. The van der Waals surface area contributed by atoms with Crippen molar-refractivity contribution in [3.05, 3.63) is 23.9 Å². The smallest absolute Gasteiger partial charge is 0.124 e. The summed E-state index contributed by atoms with van der Waals surface area (Å²) in [6.45, 7) is 2.98. The zero-order valence-electron chi connectivity index (χ0n) is 10.3. The summed E-state index contributed by atoms with van der Waals surface area (Å²) >= 11 is 0. The van der Waals surface area contributed by atoms with Crippen molar-refractivity contribution in [3.63, 3.8) is 0 Å². The molecule has 1 unspecified atom stereocenters. The number of aromatic nitrogens is 2. The highest BCUT2D eigenvalue weighted by atomic mass is 16.5. The predicted molar refractivity (Wildman–Crippen MR) is 68.6 cm³/mol. The minimum Gasteiger partial charge on any atom is -0.491 e. The number of rotatable bonds is 2. The molecular weight excluding hydrogens is 230 g/mol. The molecule has 2 heterocycles. The molecule has 0 amide bonds. The zero-order valence-corrected chi connectivity index (χ0v) is 10.3. The Morgan fingerprint density at radius 1 is 1.61 bits per heavy atom. The fraction of sp³-hybridized carbons (Fsp3) is 0.462. The topological polar surface area (TPSA) is 73.3 Å². The third kappa shape index (κ3) is 1.85. The lowest BCUT2D eigenvalue weighted by Gasteiger charge is -2.23. The van der Waals surface area contributed by atoms with Crippen LogP contribution < -0.4 is 10.5 Å². The number of ether oxygens (including phenoxy) is 1. The first-order chi connectivity index (χ1) is 8.65. The van der Waals surface area contributed by atoms with E-state index in [0.29, 0.717) is 19.6 Å². The highest BCUT2D eigenvalue weighted by Crippen LogP contribution is 2.32. The van der Waals surface area contributed by atoms with Gasteiger partial charge in [-0.2, -0.15) is 5.10 Å². The lowest BCUT2D eigenvalue weighted by atomic mass is 10.0. The van der Waals surface area contributed by atoms with Crippen molar-refractivity contribution < 1.29 is 9.84 Å². The van der Waals surface area contributed by atoms with E-state index in [-0.39, 0.29) is 6.04 Å². The monoisotopic (exact) mass is 247 g/mol. The van der Waals surface area contributed by atoms with E-state index < -0.39 is 6.10 Å². The van der Waals surface area contributed by atoms with Crippen LogP contribution >= 0.6 is 0 Å². The fourth-order valence-electron chi connectivity index (χ4n) is 2.46. The molecule has 3 N–H and O–H groups in total. The number of hydrogen-bond acceptors (Lipinski definition) is 4. The van der Waals surface area contributed by atoms with Gasteiger partial charge in [0.2, 0.25) is 0 Å². The van der Waals surface area contributed by atoms with E-state index in [2.05, 4.69) is 5.10 Å². The van der Waals surface area contributed by atoms with Gasteiger partial charge in [-0.15, -0.1) is 0 Å². The third-order valence-electron chi connectivity index (χ3n) is 3.20. The molecule has 5 nitrogen and oxygen atoms in total. The number of benzene rings is 1. The van der Waals surface area contributed by atoms with Gasteiger partial charge in [-0.05, 0) is 19.1 Å². The second-order valence-corrected chi connectivity index (χ2v) is 4.95. The van der Waals surface area contributed by atoms with Crippen LogP contribution in [0.15, 0.2) is 18.3 Å². The minimum absolute atomic E-state index is 0.0402. The molecule has 0 fully saturated rings. The number of aliphatic hydroxyl groups is 1. The molecule has 1 aliphatic rings. The average Bonchev–Trinajstić information content (AvgIpc) is 2.72. The van der Waals surface area contributed by atoms with Crippen LogP contribution in [-0.2, 0) is 13.0 Å². The Balaban J connectivity index is 2.16. The molecule has 0 spiro atoms. The first-order valence-electron chi connectivity index (χ1n) is 6.19. The van der Waals surface area contributed by atoms with Gasteiger partial charge in [0.05, 0.1) is 24.4 Å². The number of fused-ring (bicyclic) bond motifs is 3. The van der Waals surface area contributed by atoms with Crippen LogP contribution in [0, 0.1) is 0 Å². The van der Waals surface area contributed by atoms with Gasteiger partial charge < -0.3 is 15.6 Å². The van der Waals surface area contributed by atoms with Crippen LogP contribution in [0.3, 0.4) is 0 Å². The van der Waals surface area contributed by atoms with Gasteiger partial charge in [0.25, 0.3) is 0 Å². The van der Waals surface area contributed by atoms with Crippen LogP contribution in [0.5, 0.6) is 5.75 Å². The molecule has 0 saturated heterocycles. The van der Waals surface area contributed by atoms with Gasteiger partial charge in [-0.3, -0.25) is 4.68 Å². The molecule has 1 aromatic heterocycles. The normalized spacial score (nSPS) is 20.5. The van der Waals surface area contributed by atoms with Crippen molar-refractivity contribution in [2.24, 2.45) is 5.73 Å². The van der Waals surface area contributed by atoms with Gasteiger partial charge in [0.15, 0.2) is 0 Å². The summed E-state index contributed by atoms with van der Waals surface area (Å²) in [6.07, 6.45) is 2.00. The molecule has 5 heteroatoms. The molecule has 0 radical (unpaired) electrons. The maximum Gasteiger partial charge on any atom is 0.124 e. The predicted octanol–water partition coefficient (Wildman–Crippen LogP) is 0.679. The van der Waals surface area contributed by atoms with E-state index in [1.54, 1.807) is 0 Å². The van der Waals surface area contributed by atoms with Crippen LogP contribution in [0.25, 0.3) is 10.9 Å². The average molecular weight is 247 g/mol. The molecule has 1 aliphatic heterocycles. The summed E-state index contributed by atoms with van der Waals surface area (Å²) in [5, 5.41) is 15.2. The van der Waals surface area contributed by atoms with E-state index in [0.717, 1.165) is 22.2 Å². The molecule has 0 bridgehead atoms. The first kappa shape index (κ1) is 11.5. The fourth-order valence-corrected chi connectivity index (χ4v) is 2.46. The van der Waals surface area contributed by atoms with Crippen LogP contribution in [-0.4, -0.2) is 33.6 Å². The molecule has 96 valence electrons. The quantitative estimate of drug-likeness (QED) is 0.818. The Morgan fingerprint density at radius 2 is 2.44 bits per heavy atom. The Labute approximate surface area is 105 Å². The molecule has 0 aliphatic carbocycles. The zero-order chi connectivity index (χ0) is 12.7. The standard InChI is InChI=1S/C13H17N3O2/c1-8(14)6-16-13-9(5-15-16)2-3-12-11(13)4-10(17)7-18-12/h2-3,5,8,10,17H,4,6-7,14H2,1H3/t8-,10?/m1/s1. The SMILES string of the molecule is C[C@@H](N)Cn1ncc2ccc3c(c21)CC(O)CO3. The van der Waals surface area contributed by atoms with Crippen molar-refractivity contribution in [1.29, 1.82) is 0 Å². The summed E-state index contributed by atoms with van der Waals surface area (Å²) in [5.74, 6) is 0.847. The largest absolute Gasteiger partial charge is 0.491 e. The summed E-state index contributed by atoms with van der Waals surface area (Å²) < 4.78 is 7.45. The molecule has 18 heavy (non-hydrogen) atoms. The van der Waals surface area contributed by atoms with E-state index in [1.165, 1.54) is 0 Å². The van der Waals surface area contributed by atoms with E-state index in [1.807, 2.05) is 29.9 Å². The van der Waals surface area contributed by atoms with Gasteiger partial charge in [0, 0.05) is 23.4 Å². The lowest BCUT2D eigenvalue weighted by Crippen LogP contribution is -2.27. The van der Waals surface area contributed by atoms with Crippen molar-refractivity contribution in [1.82, 2.24) is 9.78 Å². The van der Waals surface area contributed by atoms with Crippen molar-refractivity contribution >= 4 is 10.9 Å². The lowest BCUT2D eigenvalue weighted by molar-refractivity contribution is 0.0926. The summed E-state index contributed by atoms with van der Waals surface area (Å²) in [6, 6.07) is 3.98. The van der Waals surface area contributed by atoms with E-state index >= 15 is 0 Å². The Kier molecular flexibility index (Phi) is 2.72. The second kappa shape index (κ2) is 4.26. The Hall–Kier alpha value is -1.59. The number of nitrogens with two attached hydrogens (primary N) is 1. The Morgan fingerprint density at radius 3 is 3.22 bits per heavy atom. The molecule has 2 aromatic rings. The van der Waals surface area contributed by atoms with Crippen LogP contribution in [0.1, 0.15) is 12.5 Å². The molecular formula is C13H17N3O2. The molecule has 1 aromatic carbocycles. The van der Waals surface area contributed by atoms with Crippen LogP contribution in [0.2, 0.25) is 0 Å². The minimum atomic E-state index is -0.443.